The first kappa shape index (κ1) is 15.4. The number of aromatic nitrogens is 1. The maximum absolute atomic E-state index is 12.1. The van der Waals surface area contributed by atoms with E-state index in [2.05, 4.69) is 31.0 Å². The summed E-state index contributed by atoms with van der Waals surface area (Å²) in [4.78, 5) is 4.18. The molecule has 0 unspecified atom stereocenters. The number of nitrogens with zero attached hydrogens (tertiary/aromatic N) is 1. The monoisotopic (exact) mass is 335 g/mol. The Bertz CT molecular complexity index is 503. The number of hydrogen-bond donors (Lipinski definition) is 2. The van der Waals surface area contributed by atoms with Gasteiger partial charge in [-0.15, -0.1) is 0 Å². The highest BCUT2D eigenvalue weighted by molar-refractivity contribution is 9.10. The minimum atomic E-state index is -3.53. The van der Waals surface area contributed by atoms with Gasteiger partial charge in [0.25, 0.3) is 0 Å². The summed E-state index contributed by atoms with van der Waals surface area (Å²) in [5, 5.41) is 2.78. The summed E-state index contributed by atoms with van der Waals surface area (Å²) in [6, 6.07) is 1.54. The molecule has 1 aromatic rings. The molecule has 7 heteroatoms. The SMILES string of the molecule is CNc1ncc(Br)cc1S(=O)(=O)NCCC(C)C. The molecule has 0 aliphatic rings. The maximum atomic E-state index is 12.1. The Labute approximate surface area is 117 Å². The van der Waals surface area contributed by atoms with E-state index < -0.39 is 10.0 Å². The van der Waals surface area contributed by atoms with E-state index in [-0.39, 0.29) is 4.90 Å². The van der Waals surface area contributed by atoms with Crippen LogP contribution in [0, 0.1) is 5.92 Å². The molecule has 0 spiro atoms. The molecule has 1 rings (SSSR count). The van der Waals surface area contributed by atoms with Gasteiger partial charge in [0.1, 0.15) is 10.7 Å². The van der Waals surface area contributed by atoms with Gasteiger partial charge in [0.15, 0.2) is 0 Å². The molecule has 0 aliphatic carbocycles. The van der Waals surface area contributed by atoms with E-state index in [1.807, 2.05) is 13.8 Å². The highest BCUT2D eigenvalue weighted by Crippen LogP contribution is 2.22. The van der Waals surface area contributed by atoms with Crippen molar-refractivity contribution in [3.63, 3.8) is 0 Å². The van der Waals surface area contributed by atoms with Gasteiger partial charge in [0.2, 0.25) is 10.0 Å². The van der Waals surface area contributed by atoms with Gasteiger partial charge in [-0.25, -0.2) is 18.1 Å². The van der Waals surface area contributed by atoms with E-state index in [1.54, 1.807) is 13.2 Å². The molecule has 5 nitrogen and oxygen atoms in total. The predicted octanol–water partition coefficient (Wildman–Crippen LogP) is 2.21. The van der Waals surface area contributed by atoms with Crippen LogP contribution in [0.25, 0.3) is 0 Å². The van der Waals surface area contributed by atoms with Crippen molar-refractivity contribution in [1.29, 1.82) is 0 Å². The Balaban J connectivity index is 2.93. The smallest absolute Gasteiger partial charge is 0.244 e. The van der Waals surface area contributed by atoms with Crippen molar-refractivity contribution in [1.82, 2.24) is 9.71 Å². The lowest BCUT2D eigenvalue weighted by atomic mass is 10.1. The number of sulfonamides is 1. The van der Waals surface area contributed by atoms with E-state index in [0.717, 1.165) is 6.42 Å². The molecule has 0 aliphatic heterocycles. The molecule has 0 fully saturated rings. The van der Waals surface area contributed by atoms with Crippen molar-refractivity contribution in [2.24, 2.45) is 5.92 Å². The average molecular weight is 336 g/mol. The van der Waals surface area contributed by atoms with Gasteiger partial charge < -0.3 is 5.32 Å². The van der Waals surface area contributed by atoms with Crippen LogP contribution in [-0.2, 0) is 10.0 Å². The highest BCUT2D eigenvalue weighted by Gasteiger charge is 2.19. The molecular weight excluding hydrogens is 318 g/mol. The van der Waals surface area contributed by atoms with Gasteiger partial charge >= 0.3 is 0 Å². The Morgan fingerprint density at radius 3 is 2.67 bits per heavy atom. The quantitative estimate of drug-likeness (QED) is 0.836. The fraction of sp³-hybridized carbons (Fsp3) is 0.545. The maximum Gasteiger partial charge on any atom is 0.244 e. The van der Waals surface area contributed by atoms with E-state index in [1.165, 1.54) is 6.07 Å². The molecule has 1 aromatic heterocycles. The van der Waals surface area contributed by atoms with Crippen LogP contribution in [0.1, 0.15) is 20.3 Å². The van der Waals surface area contributed by atoms with Gasteiger partial charge in [-0.3, -0.25) is 0 Å². The van der Waals surface area contributed by atoms with Crippen LogP contribution < -0.4 is 10.0 Å². The van der Waals surface area contributed by atoms with Crippen molar-refractivity contribution >= 4 is 31.8 Å². The fourth-order valence-electron chi connectivity index (χ4n) is 1.37. The van der Waals surface area contributed by atoms with Crippen molar-refractivity contribution in [2.75, 3.05) is 18.9 Å². The van der Waals surface area contributed by atoms with E-state index in [4.69, 9.17) is 0 Å². The van der Waals surface area contributed by atoms with E-state index in [9.17, 15) is 8.42 Å². The van der Waals surface area contributed by atoms with Gasteiger partial charge in [0.05, 0.1) is 0 Å². The number of hydrogen-bond acceptors (Lipinski definition) is 4. The molecular formula is C11H18BrN3O2S. The lowest BCUT2D eigenvalue weighted by Crippen LogP contribution is -2.26. The third kappa shape index (κ3) is 4.22. The summed E-state index contributed by atoms with van der Waals surface area (Å²) < 4.78 is 27.5. The van der Waals surface area contributed by atoms with Crippen LogP contribution in [0.15, 0.2) is 21.6 Å². The number of pyridine rings is 1. The zero-order chi connectivity index (χ0) is 13.8. The molecule has 0 saturated carbocycles. The zero-order valence-electron chi connectivity index (χ0n) is 10.7. The lowest BCUT2D eigenvalue weighted by molar-refractivity contribution is 0.551. The van der Waals surface area contributed by atoms with Crippen molar-refractivity contribution in [3.8, 4) is 0 Å². The lowest BCUT2D eigenvalue weighted by Gasteiger charge is -2.11. The van der Waals surface area contributed by atoms with Crippen LogP contribution in [-0.4, -0.2) is 27.0 Å². The second kappa shape index (κ2) is 6.49. The van der Waals surface area contributed by atoms with Gasteiger partial charge in [-0.1, -0.05) is 13.8 Å². The summed E-state index contributed by atoms with van der Waals surface area (Å²) >= 11 is 3.23. The number of nitrogens with one attached hydrogen (secondary N) is 2. The Morgan fingerprint density at radius 1 is 1.44 bits per heavy atom. The van der Waals surface area contributed by atoms with Crippen molar-refractivity contribution < 1.29 is 8.42 Å². The third-order valence-corrected chi connectivity index (χ3v) is 4.27. The summed E-state index contributed by atoms with van der Waals surface area (Å²) in [5.41, 5.74) is 0. The number of rotatable bonds is 6. The molecule has 102 valence electrons. The van der Waals surface area contributed by atoms with Gasteiger partial charge in [-0.2, -0.15) is 0 Å². The van der Waals surface area contributed by atoms with Crippen molar-refractivity contribution in [2.45, 2.75) is 25.2 Å². The summed E-state index contributed by atoms with van der Waals surface area (Å²) in [6.45, 7) is 4.53. The average Bonchev–Trinajstić information content (AvgIpc) is 2.28. The normalized spacial score (nSPS) is 11.8. The van der Waals surface area contributed by atoms with Crippen LogP contribution in [0.4, 0.5) is 5.82 Å². The van der Waals surface area contributed by atoms with Crippen LogP contribution in [0.2, 0.25) is 0 Å². The van der Waals surface area contributed by atoms with Crippen LogP contribution >= 0.6 is 15.9 Å². The Kier molecular flexibility index (Phi) is 5.55. The Hall–Kier alpha value is -0.660. The standard InChI is InChI=1S/C11H18BrN3O2S/c1-8(2)4-5-15-18(16,17)10-6-9(12)7-14-11(10)13-3/h6-8,15H,4-5H2,1-3H3,(H,13,14). The van der Waals surface area contributed by atoms with Crippen molar-refractivity contribution in [3.05, 3.63) is 16.7 Å². The largest absolute Gasteiger partial charge is 0.372 e. The van der Waals surface area contributed by atoms with Gasteiger partial charge in [-0.05, 0) is 34.3 Å². The van der Waals surface area contributed by atoms with Gasteiger partial charge in [0, 0.05) is 24.3 Å². The van der Waals surface area contributed by atoms with Crippen LogP contribution in [0.3, 0.4) is 0 Å². The molecule has 0 amide bonds. The number of halogens is 1. The molecule has 2 N–H and O–H groups in total. The minimum Gasteiger partial charge on any atom is -0.372 e. The molecule has 0 saturated heterocycles. The predicted molar refractivity (Wildman–Crippen MR) is 76.1 cm³/mol. The molecule has 0 radical (unpaired) electrons. The first-order valence-electron chi connectivity index (χ1n) is 5.69. The number of anilines is 1. The molecule has 1 heterocycles. The summed E-state index contributed by atoms with van der Waals surface area (Å²) in [5.74, 6) is 0.798. The minimum absolute atomic E-state index is 0.156. The summed E-state index contributed by atoms with van der Waals surface area (Å²) in [7, 11) is -1.88. The second-order valence-electron chi connectivity index (χ2n) is 4.33. The first-order valence-corrected chi connectivity index (χ1v) is 7.97. The van der Waals surface area contributed by atoms with Crippen LogP contribution in [0.5, 0.6) is 0 Å². The van der Waals surface area contributed by atoms with E-state index in [0.29, 0.717) is 22.8 Å². The molecule has 0 aromatic carbocycles. The topological polar surface area (TPSA) is 71.1 Å². The third-order valence-electron chi connectivity index (χ3n) is 2.36. The summed E-state index contributed by atoms with van der Waals surface area (Å²) in [6.07, 6.45) is 2.36. The second-order valence-corrected chi connectivity index (χ2v) is 6.98. The molecule has 18 heavy (non-hydrogen) atoms. The molecule has 0 bridgehead atoms. The highest BCUT2D eigenvalue weighted by atomic mass is 79.9. The first-order chi connectivity index (χ1) is 8.36. The zero-order valence-corrected chi connectivity index (χ0v) is 13.1. The fourth-order valence-corrected chi connectivity index (χ4v) is 3.09. The molecule has 0 atom stereocenters. The Morgan fingerprint density at radius 2 is 2.11 bits per heavy atom. The van der Waals surface area contributed by atoms with E-state index >= 15 is 0 Å².